The van der Waals surface area contributed by atoms with Crippen molar-refractivity contribution >= 4 is 52.2 Å². The van der Waals surface area contributed by atoms with Crippen LogP contribution in [0, 0.1) is 17.0 Å². The normalized spacial score (nSPS) is 13.2. The highest BCUT2D eigenvalue weighted by molar-refractivity contribution is 6.31. The van der Waals surface area contributed by atoms with Gasteiger partial charge in [-0.3, -0.25) is 14.9 Å². The molecule has 0 aliphatic rings. The molecule has 0 saturated heterocycles. The molecule has 1 unspecified atom stereocenters. The van der Waals surface area contributed by atoms with Gasteiger partial charge in [0.1, 0.15) is 29.1 Å². The number of carbonyl (C=O) groups excluding carboxylic acids is 4. The minimum atomic E-state index is -1.31. The summed E-state index contributed by atoms with van der Waals surface area (Å²) in [6.07, 6.45) is -0.262. The molecule has 12 nitrogen and oxygen atoms in total. The first kappa shape index (κ1) is 36.9. The zero-order valence-corrected chi connectivity index (χ0v) is 27.2. The Kier molecular flexibility index (Phi) is 12.8. The van der Waals surface area contributed by atoms with Gasteiger partial charge in [-0.2, -0.15) is 0 Å². The van der Waals surface area contributed by atoms with Gasteiger partial charge >= 0.3 is 12.2 Å². The smallest absolute Gasteiger partial charge is 0.412 e. The largest absolute Gasteiger partial charge is 0.449 e. The molecule has 0 spiro atoms. The number of benzene rings is 2. The second-order valence-electron chi connectivity index (χ2n) is 12.0. The van der Waals surface area contributed by atoms with Crippen LogP contribution in [-0.4, -0.2) is 65.5 Å². The minimum Gasteiger partial charge on any atom is -0.449 e. The third kappa shape index (κ3) is 11.3. The Morgan fingerprint density at radius 3 is 2.43 bits per heavy atom. The lowest BCUT2D eigenvalue weighted by molar-refractivity contribution is -0.132. The van der Waals surface area contributed by atoms with Gasteiger partial charge in [0.25, 0.3) is 0 Å². The number of aromatic nitrogens is 1. The number of fused-ring (bicyclic) bond motifs is 1. The molecule has 0 bridgehead atoms. The summed E-state index contributed by atoms with van der Waals surface area (Å²) in [5.41, 5.74) is -1.72. The highest BCUT2D eigenvalue weighted by atomic mass is 35.5. The molecule has 2 aromatic carbocycles. The molecule has 0 fully saturated rings. The monoisotopic (exact) mass is 677 g/mol. The second kappa shape index (κ2) is 16.3. The molecule has 0 aliphatic heterocycles. The molecule has 2 atom stereocenters. The Morgan fingerprint density at radius 1 is 0.979 bits per heavy atom. The maximum absolute atomic E-state index is 13.9. The van der Waals surface area contributed by atoms with Gasteiger partial charge in [0.05, 0.1) is 23.7 Å². The molecule has 0 aliphatic carbocycles. The van der Waals surface area contributed by atoms with Crippen LogP contribution in [0.15, 0.2) is 48.7 Å². The Balaban J connectivity index is 1.63. The number of hydrogen-bond acceptors (Lipinski definition) is 8. The molecule has 15 heteroatoms. The Bertz CT molecular complexity index is 1600. The van der Waals surface area contributed by atoms with Crippen molar-refractivity contribution in [3.05, 3.63) is 70.9 Å². The standard InChI is InChI=1S/C32H38ClF2N5O7/c1-31(2,3)47-30(45)39-24(18-41)27(42)36-12-10-32(4,28(43)38-17-20-6-5-7-23(35)26(20)33)11-13-46-29(44)40-25-15-21-14-22(34)9-8-19(21)16-37-25/h5-9,14-16,24,41H,10-13,17-18H2,1-4H3,(H,36,42)(H,38,43)(H,39,45)(H,37,40,44)/t24-,32?/m0/s1. The van der Waals surface area contributed by atoms with Crippen molar-refractivity contribution in [1.82, 2.24) is 20.9 Å². The molecule has 1 aromatic heterocycles. The third-order valence-electron chi connectivity index (χ3n) is 6.99. The lowest BCUT2D eigenvalue weighted by Crippen LogP contribution is -2.51. The van der Waals surface area contributed by atoms with E-state index in [-0.39, 0.29) is 43.4 Å². The van der Waals surface area contributed by atoms with Gasteiger partial charge in [-0.1, -0.05) is 30.7 Å². The van der Waals surface area contributed by atoms with E-state index in [0.29, 0.717) is 16.3 Å². The molecule has 3 rings (SSSR count). The summed E-state index contributed by atoms with van der Waals surface area (Å²) >= 11 is 6.03. The number of halogens is 3. The number of nitrogens with one attached hydrogen (secondary N) is 4. The molecule has 0 radical (unpaired) electrons. The van der Waals surface area contributed by atoms with Gasteiger partial charge in [-0.15, -0.1) is 0 Å². The van der Waals surface area contributed by atoms with Crippen molar-refractivity contribution in [1.29, 1.82) is 0 Å². The number of aliphatic hydroxyl groups is 1. The first-order chi connectivity index (χ1) is 22.1. The predicted octanol–water partition coefficient (Wildman–Crippen LogP) is 4.82. The first-order valence-electron chi connectivity index (χ1n) is 14.7. The van der Waals surface area contributed by atoms with Crippen LogP contribution in [0.3, 0.4) is 0 Å². The summed E-state index contributed by atoms with van der Waals surface area (Å²) in [6.45, 7) is 5.41. The SMILES string of the molecule is CC(C)(C)OC(=O)N[C@@H](CO)C(=O)NCCC(C)(CCOC(=O)Nc1cc2cc(F)ccc2cn1)C(=O)NCc1cccc(F)c1Cl. The zero-order chi connectivity index (χ0) is 34.8. The van der Waals surface area contributed by atoms with Crippen molar-refractivity contribution in [2.45, 2.75) is 58.7 Å². The van der Waals surface area contributed by atoms with Gasteiger partial charge in [-0.05, 0) is 74.9 Å². The van der Waals surface area contributed by atoms with E-state index in [1.807, 2.05) is 0 Å². The number of aliphatic hydroxyl groups excluding tert-OH is 1. The number of alkyl carbamates (subject to hydrolysis) is 1. The van der Waals surface area contributed by atoms with Crippen molar-refractivity contribution < 1.29 is 42.5 Å². The highest BCUT2D eigenvalue weighted by Crippen LogP contribution is 2.27. The van der Waals surface area contributed by atoms with Gasteiger partial charge in [0.2, 0.25) is 11.8 Å². The minimum absolute atomic E-state index is 0.00501. The van der Waals surface area contributed by atoms with Crippen LogP contribution in [0.2, 0.25) is 5.02 Å². The number of carbonyl (C=O) groups is 4. The van der Waals surface area contributed by atoms with Crippen molar-refractivity contribution in [2.75, 3.05) is 25.1 Å². The number of rotatable bonds is 13. The quantitative estimate of drug-likeness (QED) is 0.172. The molecule has 254 valence electrons. The van der Waals surface area contributed by atoms with E-state index in [1.54, 1.807) is 39.8 Å². The number of ether oxygens (including phenoxy) is 2. The highest BCUT2D eigenvalue weighted by Gasteiger charge is 2.34. The summed E-state index contributed by atoms with van der Waals surface area (Å²) in [5, 5.41) is 20.7. The van der Waals surface area contributed by atoms with E-state index < -0.39 is 59.3 Å². The average molecular weight is 678 g/mol. The molecule has 1 heterocycles. The zero-order valence-electron chi connectivity index (χ0n) is 26.4. The van der Waals surface area contributed by atoms with E-state index in [2.05, 4.69) is 26.3 Å². The van der Waals surface area contributed by atoms with Crippen LogP contribution in [0.5, 0.6) is 0 Å². The van der Waals surface area contributed by atoms with Crippen LogP contribution in [0.4, 0.5) is 24.2 Å². The summed E-state index contributed by atoms with van der Waals surface area (Å²) in [6, 6.07) is 8.50. The molecule has 4 amide bonds. The summed E-state index contributed by atoms with van der Waals surface area (Å²) < 4.78 is 37.9. The topological polar surface area (TPSA) is 168 Å². The average Bonchev–Trinajstić information content (AvgIpc) is 2.99. The fourth-order valence-electron chi connectivity index (χ4n) is 4.34. The van der Waals surface area contributed by atoms with E-state index in [1.165, 1.54) is 36.5 Å². The summed E-state index contributed by atoms with van der Waals surface area (Å²) in [7, 11) is 0. The van der Waals surface area contributed by atoms with E-state index in [0.717, 1.165) is 0 Å². The number of pyridine rings is 1. The number of nitrogens with zero attached hydrogens (tertiary/aromatic N) is 1. The fraction of sp³-hybridized carbons (Fsp3) is 0.406. The van der Waals surface area contributed by atoms with Gasteiger partial charge < -0.3 is 30.5 Å². The van der Waals surface area contributed by atoms with Crippen LogP contribution in [-0.2, 0) is 25.6 Å². The third-order valence-corrected chi connectivity index (χ3v) is 7.41. The van der Waals surface area contributed by atoms with Gasteiger partial charge in [-0.25, -0.2) is 23.4 Å². The number of amides is 4. The molecule has 5 N–H and O–H groups in total. The fourth-order valence-corrected chi connectivity index (χ4v) is 4.54. The lowest BCUT2D eigenvalue weighted by atomic mass is 9.82. The molecule has 3 aromatic rings. The van der Waals surface area contributed by atoms with Crippen LogP contribution in [0.25, 0.3) is 10.8 Å². The van der Waals surface area contributed by atoms with E-state index in [9.17, 15) is 33.1 Å². The molecular formula is C32H38ClF2N5O7. The number of anilines is 1. The predicted molar refractivity (Wildman–Crippen MR) is 171 cm³/mol. The van der Waals surface area contributed by atoms with Crippen LogP contribution < -0.4 is 21.3 Å². The van der Waals surface area contributed by atoms with Gasteiger partial charge in [0.15, 0.2) is 0 Å². The maximum atomic E-state index is 13.9. The Labute approximate surface area is 275 Å². The Hall–Kier alpha value is -4.56. The Morgan fingerprint density at radius 2 is 1.72 bits per heavy atom. The maximum Gasteiger partial charge on any atom is 0.412 e. The number of hydrogen-bond donors (Lipinski definition) is 5. The van der Waals surface area contributed by atoms with Crippen molar-refractivity contribution in [2.24, 2.45) is 5.41 Å². The van der Waals surface area contributed by atoms with Crippen LogP contribution in [0.1, 0.15) is 46.1 Å². The van der Waals surface area contributed by atoms with Crippen molar-refractivity contribution in [3.63, 3.8) is 0 Å². The van der Waals surface area contributed by atoms with Crippen LogP contribution >= 0.6 is 11.6 Å². The van der Waals surface area contributed by atoms with Gasteiger partial charge in [0, 0.05) is 24.7 Å². The van der Waals surface area contributed by atoms with E-state index >= 15 is 0 Å². The summed E-state index contributed by atoms with van der Waals surface area (Å²) in [5.74, 6) is -2.18. The lowest BCUT2D eigenvalue weighted by Gasteiger charge is -2.29. The van der Waals surface area contributed by atoms with E-state index in [4.69, 9.17) is 21.1 Å². The molecule has 0 saturated carbocycles. The second-order valence-corrected chi connectivity index (χ2v) is 12.3. The molecular weight excluding hydrogens is 640 g/mol. The first-order valence-corrected chi connectivity index (χ1v) is 15.1. The molecule has 47 heavy (non-hydrogen) atoms. The summed E-state index contributed by atoms with van der Waals surface area (Å²) in [4.78, 5) is 54.8. The van der Waals surface area contributed by atoms with Crippen molar-refractivity contribution in [3.8, 4) is 0 Å².